The molecule has 0 amide bonds. The molecule has 96 valence electrons. The van der Waals surface area contributed by atoms with Crippen molar-refractivity contribution in [2.75, 3.05) is 6.54 Å². The van der Waals surface area contributed by atoms with E-state index < -0.39 is 0 Å². The van der Waals surface area contributed by atoms with E-state index in [1.165, 1.54) is 5.56 Å². The summed E-state index contributed by atoms with van der Waals surface area (Å²) >= 11 is 0. The van der Waals surface area contributed by atoms with Crippen LogP contribution in [-0.4, -0.2) is 16.7 Å². The SMILES string of the molecule is CCNC(c1cc(C)nnc1CC)C(C)(C)C. The molecule has 0 aromatic carbocycles. The van der Waals surface area contributed by atoms with E-state index in [2.05, 4.69) is 56.2 Å². The summed E-state index contributed by atoms with van der Waals surface area (Å²) in [5.74, 6) is 0. The third-order valence-electron chi connectivity index (χ3n) is 2.95. The van der Waals surface area contributed by atoms with Gasteiger partial charge in [-0.05, 0) is 36.9 Å². The van der Waals surface area contributed by atoms with Gasteiger partial charge >= 0.3 is 0 Å². The van der Waals surface area contributed by atoms with Crippen molar-refractivity contribution in [3.05, 3.63) is 23.0 Å². The molecule has 17 heavy (non-hydrogen) atoms. The zero-order chi connectivity index (χ0) is 13.1. The molecule has 1 heterocycles. The van der Waals surface area contributed by atoms with Crippen LogP contribution in [0, 0.1) is 12.3 Å². The van der Waals surface area contributed by atoms with Crippen molar-refractivity contribution in [1.82, 2.24) is 15.5 Å². The van der Waals surface area contributed by atoms with Crippen LogP contribution in [0.1, 0.15) is 57.6 Å². The van der Waals surface area contributed by atoms with E-state index in [0.717, 1.165) is 24.4 Å². The maximum Gasteiger partial charge on any atom is 0.0676 e. The first kappa shape index (κ1) is 14.1. The quantitative estimate of drug-likeness (QED) is 0.871. The Hall–Kier alpha value is -0.960. The van der Waals surface area contributed by atoms with Crippen molar-refractivity contribution in [3.8, 4) is 0 Å². The average molecular weight is 235 g/mol. The van der Waals surface area contributed by atoms with Crippen molar-refractivity contribution in [2.45, 2.75) is 54.0 Å². The largest absolute Gasteiger partial charge is 0.310 e. The Kier molecular flexibility index (Phi) is 4.63. The predicted molar refractivity (Wildman–Crippen MR) is 72.0 cm³/mol. The summed E-state index contributed by atoms with van der Waals surface area (Å²) in [5.41, 5.74) is 3.57. The predicted octanol–water partition coefficient (Wildman–Crippen LogP) is 3.04. The fraction of sp³-hybridized carbons (Fsp3) is 0.714. The van der Waals surface area contributed by atoms with E-state index in [9.17, 15) is 0 Å². The van der Waals surface area contributed by atoms with Gasteiger partial charge in [0.15, 0.2) is 0 Å². The Balaban J connectivity index is 3.21. The van der Waals surface area contributed by atoms with Crippen LogP contribution in [0.2, 0.25) is 0 Å². The minimum absolute atomic E-state index is 0.176. The summed E-state index contributed by atoms with van der Waals surface area (Å²) in [5, 5.41) is 12.1. The van der Waals surface area contributed by atoms with Crippen molar-refractivity contribution in [2.24, 2.45) is 5.41 Å². The first-order valence-corrected chi connectivity index (χ1v) is 6.46. The Labute approximate surface area is 105 Å². The van der Waals surface area contributed by atoms with Crippen molar-refractivity contribution < 1.29 is 0 Å². The van der Waals surface area contributed by atoms with E-state index in [4.69, 9.17) is 0 Å². The molecule has 1 N–H and O–H groups in total. The summed E-state index contributed by atoms with van der Waals surface area (Å²) in [4.78, 5) is 0. The van der Waals surface area contributed by atoms with Gasteiger partial charge in [0.2, 0.25) is 0 Å². The molecule has 0 aliphatic rings. The van der Waals surface area contributed by atoms with Gasteiger partial charge < -0.3 is 5.32 Å². The molecule has 3 nitrogen and oxygen atoms in total. The van der Waals surface area contributed by atoms with Crippen LogP contribution >= 0.6 is 0 Å². The first-order chi connectivity index (χ1) is 7.90. The molecule has 0 aliphatic heterocycles. The lowest BCUT2D eigenvalue weighted by molar-refractivity contribution is 0.274. The number of nitrogens with one attached hydrogen (secondary N) is 1. The minimum Gasteiger partial charge on any atom is -0.310 e. The van der Waals surface area contributed by atoms with Crippen molar-refractivity contribution in [3.63, 3.8) is 0 Å². The summed E-state index contributed by atoms with van der Waals surface area (Å²) in [6.45, 7) is 14.0. The number of nitrogens with zero attached hydrogens (tertiary/aromatic N) is 2. The van der Waals surface area contributed by atoms with Crippen LogP contribution in [0.15, 0.2) is 6.07 Å². The van der Waals surface area contributed by atoms with E-state index in [1.807, 2.05) is 6.92 Å². The monoisotopic (exact) mass is 235 g/mol. The van der Waals surface area contributed by atoms with Crippen LogP contribution < -0.4 is 5.32 Å². The number of aryl methyl sites for hydroxylation is 2. The van der Waals surface area contributed by atoms with Gasteiger partial charge in [-0.15, -0.1) is 0 Å². The van der Waals surface area contributed by atoms with Crippen LogP contribution in [-0.2, 0) is 6.42 Å². The summed E-state index contributed by atoms with van der Waals surface area (Å²) in [6, 6.07) is 2.50. The molecule has 1 aromatic rings. The topological polar surface area (TPSA) is 37.8 Å². The molecule has 3 heteroatoms. The lowest BCUT2D eigenvalue weighted by Gasteiger charge is -2.32. The average Bonchev–Trinajstić information content (AvgIpc) is 2.24. The highest BCUT2D eigenvalue weighted by Gasteiger charge is 2.27. The molecule has 1 rings (SSSR count). The van der Waals surface area contributed by atoms with Crippen LogP contribution in [0.4, 0.5) is 0 Å². The highest BCUT2D eigenvalue weighted by Crippen LogP contribution is 2.34. The number of aromatic nitrogens is 2. The summed E-state index contributed by atoms with van der Waals surface area (Å²) in [6.07, 6.45) is 0.931. The zero-order valence-corrected chi connectivity index (χ0v) is 12.0. The van der Waals surface area contributed by atoms with Crippen molar-refractivity contribution in [1.29, 1.82) is 0 Å². The van der Waals surface area contributed by atoms with Gasteiger partial charge in [0, 0.05) is 6.04 Å². The number of hydrogen-bond donors (Lipinski definition) is 1. The van der Waals surface area contributed by atoms with E-state index >= 15 is 0 Å². The number of hydrogen-bond acceptors (Lipinski definition) is 3. The van der Waals surface area contributed by atoms with Gasteiger partial charge in [0.25, 0.3) is 0 Å². The van der Waals surface area contributed by atoms with Gasteiger partial charge in [-0.3, -0.25) is 0 Å². The van der Waals surface area contributed by atoms with Crippen LogP contribution in [0.25, 0.3) is 0 Å². The molecule has 1 unspecified atom stereocenters. The third kappa shape index (κ3) is 3.50. The highest BCUT2D eigenvalue weighted by atomic mass is 15.1. The minimum atomic E-state index is 0.176. The first-order valence-electron chi connectivity index (χ1n) is 6.46. The molecular weight excluding hydrogens is 210 g/mol. The number of rotatable bonds is 4. The van der Waals surface area contributed by atoms with Crippen molar-refractivity contribution >= 4 is 0 Å². The fourth-order valence-corrected chi connectivity index (χ4v) is 2.15. The maximum atomic E-state index is 4.32. The molecule has 0 fully saturated rings. The molecule has 1 aromatic heterocycles. The van der Waals surface area contributed by atoms with Crippen LogP contribution in [0.3, 0.4) is 0 Å². The molecule has 0 radical (unpaired) electrons. The fourth-order valence-electron chi connectivity index (χ4n) is 2.15. The van der Waals surface area contributed by atoms with E-state index in [0.29, 0.717) is 6.04 Å². The van der Waals surface area contributed by atoms with E-state index in [1.54, 1.807) is 0 Å². The Morgan fingerprint density at radius 1 is 1.24 bits per heavy atom. The van der Waals surface area contributed by atoms with Gasteiger partial charge in [-0.2, -0.15) is 10.2 Å². The van der Waals surface area contributed by atoms with Gasteiger partial charge in [-0.1, -0.05) is 34.6 Å². The third-order valence-corrected chi connectivity index (χ3v) is 2.95. The Bertz CT molecular complexity index is 366. The molecule has 0 saturated carbocycles. The lowest BCUT2D eigenvalue weighted by Crippen LogP contribution is -2.33. The second-order valence-corrected chi connectivity index (χ2v) is 5.60. The Morgan fingerprint density at radius 3 is 2.35 bits per heavy atom. The standard InChI is InChI=1S/C14H25N3/c1-7-12-11(9-10(3)16-17-12)13(15-8-2)14(4,5)6/h9,13,15H,7-8H2,1-6H3. The zero-order valence-electron chi connectivity index (χ0n) is 12.0. The lowest BCUT2D eigenvalue weighted by atomic mass is 9.81. The maximum absolute atomic E-state index is 4.32. The van der Waals surface area contributed by atoms with Gasteiger partial charge in [-0.25, -0.2) is 0 Å². The normalized spacial score (nSPS) is 13.8. The summed E-state index contributed by atoms with van der Waals surface area (Å²) < 4.78 is 0. The van der Waals surface area contributed by atoms with Gasteiger partial charge in [0.1, 0.15) is 0 Å². The molecular formula is C14H25N3. The van der Waals surface area contributed by atoms with Crippen LogP contribution in [0.5, 0.6) is 0 Å². The molecule has 1 atom stereocenters. The molecule has 0 spiro atoms. The molecule has 0 saturated heterocycles. The second-order valence-electron chi connectivity index (χ2n) is 5.60. The Morgan fingerprint density at radius 2 is 1.88 bits per heavy atom. The van der Waals surface area contributed by atoms with Gasteiger partial charge in [0.05, 0.1) is 11.4 Å². The highest BCUT2D eigenvalue weighted by molar-refractivity contribution is 5.26. The smallest absolute Gasteiger partial charge is 0.0676 e. The van der Waals surface area contributed by atoms with E-state index in [-0.39, 0.29) is 5.41 Å². The molecule has 0 aliphatic carbocycles. The second kappa shape index (κ2) is 5.58. The molecule has 0 bridgehead atoms. The summed E-state index contributed by atoms with van der Waals surface area (Å²) in [7, 11) is 0.